The molecule has 0 unspecified atom stereocenters. The second-order valence-corrected chi connectivity index (χ2v) is 6.55. The summed E-state index contributed by atoms with van der Waals surface area (Å²) in [6.45, 7) is 9.77. The first-order chi connectivity index (χ1) is 13.6. The van der Waals surface area contributed by atoms with Crippen molar-refractivity contribution in [3.63, 3.8) is 0 Å². The third-order valence-corrected chi connectivity index (χ3v) is 4.66. The fourth-order valence-electron chi connectivity index (χ4n) is 3.08. The molecule has 1 heterocycles. The van der Waals surface area contributed by atoms with Crippen molar-refractivity contribution < 1.29 is 9.47 Å². The first kappa shape index (κ1) is 25.2. The van der Waals surface area contributed by atoms with Crippen molar-refractivity contribution >= 4 is 29.9 Å². The van der Waals surface area contributed by atoms with E-state index >= 15 is 0 Å². The molecule has 0 spiro atoms. The van der Waals surface area contributed by atoms with Gasteiger partial charge in [0, 0.05) is 31.5 Å². The van der Waals surface area contributed by atoms with Gasteiger partial charge in [0.05, 0.1) is 32.5 Å². The lowest BCUT2D eigenvalue weighted by atomic mass is 10.1. The molecule has 0 fully saturated rings. The lowest BCUT2D eigenvalue weighted by Crippen LogP contribution is -2.38. The highest BCUT2D eigenvalue weighted by Gasteiger charge is 2.11. The highest BCUT2D eigenvalue weighted by molar-refractivity contribution is 14.0. The van der Waals surface area contributed by atoms with Crippen LogP contribution in [0.4, 0.5) is 0 Å². The predicted octanol–water partition coefficient (Wildman–Crippen LogP) is 3.07. The van der Waals surface area contributed by atoms with Crippen LogP contribution in [0.1, 0.15) is 29.4 Å². The third kappa shape index (κ3) is 7.50. The Kier molecular flexibility index (Phi) is 11.7. The van der Waals surface area contributed by atoms with Crippen LogP contribution in [0.25, 0.3) is 0 Å². The van der Waals surface area contributed by atoms with E-state index in [2.05, 4.69) is 35.6 Å². The molecule has 7 nitrogen and oxygen atoms in total. The minimum atomic E-state index is 0. The number of hydrogen-bond donors (Lipinski definition) is 2. The van der Waals surface area contributed by atoms with E-state index in [0.717, 1.165) is 54.7 Å². The molecule has 8 heteroatoms. The number of halogens is 1. The Labute approximate surface area is 191 Å². The zero-order valence-electron chi connectivity index (χ0n) is 18.1. The van der Waals surface area contributed by atoms with Crippen molar-refractivity contribution in [1.29, 1.82) is 0 Å². The first-order valence-corrected chi connectivity index (χ1v) is 9.76. The number of nitrogens with zero attached hydrogens (tertiary/aromatic N) is 3. The number of benzene rings is 1. The number of hydrogen-bond acceptors (Lipinski definition) is 4. The van der Waals surface area contributed by atoms with Gasteiger partial charge >= 0.3 is 0 Å². The Balaban J connectivity index is 0.00000420. The molecule has 2 aromatic rings. The summed E-state index contributed by atoms with van der Waals surface area (Å²) < 4.78 is 12.6. The van der Waals surface area contributed by atoms with Crippen LogP contribution in [0, 0.1) is 13.8 Å². The quantitative estimate of drug-likeness (QED) is 0.289. The highest BCUT2D eigenvalue weighted by atomic mass is 127. The van der Waals surface area contributed by atoms with Crippen molar-refractivity contribution in [2.24, 2.45) is 4.99 Å². The van der Waals surface area contributed by atoms with E-state index in [4.69, 9.17) is 14.5 Å². The van der Waals surface area contributed by atoms with Gasteiger partial charge in [0.25, 0.3) is 0 Å². The highest BCUT2D eigenvalue weighted by Crippen LogP contribution is 2.17. The van der Waals surface area contributed by atoms with Crippen molar-refractivity contribution in [3.8, 4) is 5.75 Å². The molecule has 2 rings (SSSR count). The summed E-state index contributed by atoms with van der Waals surface area (Å²) >= 11 is 0. The number of aliphatic imine (C=N–C) groups is 1. The molecule has 0 radical (unpaired) electrons. The minimum Gasteiger partial charge on any atom is -0.496 e. The Morgan fingerprint density at radius 1 is 1.17 bits per heavy atom. The molecule has 2 N–H and O–H groups in total. The largest absolute Gasteiger partial charge is 0.496 e. The smallest absolute Gasteiger partial charge is 0.191 e. The van der Waals surface area contributed by atoms with Gasteiger partial charge in [0.2, 0.25) is 0 Å². The zero-order chi connectivity index (χ0) is 20.4. The number of nitrogens with one attached hydrogen (secondary N) is 2. The van der Waals surface area contributed by atoms with Crippen molar-refractivity contribution in [2.75, 3.05) is 33.9 Å². The molecular weight excluding hydrogens is 481 g/mol. The number of aryl methyl sites for hydroxylation is 1. The van der Waals surface area contributed by atoms with E-state index in [0.29, 0.717) is 13.2 Å². The molecule has 0 saturated carbocycles. The maximum atomic E-state index is 5.42. The standard InChI is InChI=1S/C21H33N5O2.HI/c1-6-22-21(23-12-11-18-9-7-8-10-20(18)28-5)24-15-19-16(2)25-26(17(19)3)13-14-27-4;/h7-10H,6,11-15H2,1-5H3,(H2,22,23,24);1H. The van der Waals surface area contributed by atoms with Gasteiger partial charge in [-0.05, 0) is 38.8 Å². The number of rotatable bonds is 10. The van der Waals surface area contributed by atoms with Crippen LogP contribution in [-0.2, 0) is 24.2 Å². The van der Waals surface area contributed by atoms with Gasteiger partial charge in [0.1, 0.15) is 5.75 Å². The molecule has 0 bridgehead atoms. The average molecular weight is 515 g/mol. The molecule has 0 saturated heterocycles. The van der Waals surface area contributed by atoms with E-state index in [1.165, 1.54) is 5.56 Å². The summed E-state index contributed by atoms with van der Waals surface area (Å²) in [6.07, 6.45) is 0.863. The summed E-state index contributed by atoms with van der Waals surface area (Å²) in [7, 11) is 3.41. The summed E-state index contributed by atoms with van der Waals surface area (Å²) in [5.41, 5.74) is 4.50. The summed E-state index contributed by atoms with van der Waals surface area (Å²) in [5, 5.41) is 11.3. The van der Waals surface area contributed by atoms with E-state index in [1.54, 1.807) is 14.2 Å². The van der Waals surface area contributed by atoms with Gasteiger partial charge in [0.15, 0.2) is 5.96 Å². The van der Waals surface area contributed by atoms with Gasteiger partial charge in [-0.25, -0.2) is 4.99 Å². The molecule has 29 heavy (non-hydrogen) atoms. The van der Waals surface area contributed by atoms with E-state index in [-0.39, 0.29) is 24.0 Å². The summed E-state index contributed by atoms with van der Waals surface area (Å²) in [6, 6.07) is 8.09. The van der Waals surface area contributed by atoms with Crippen LogP contribution >= 0.6 is 24.0 Å². The second-order valence-electron chi connectivity index (χ2n) is 6.55. The van der Waals surface area contributed by atoms with Crippen LogP contribution < -0.4 is 15.4 Å². The van der Waals surface area contributed by atoms with Crippen LogP contribution in [0.5, 0.6) is 5.75 Å². The fourth-order valence-corrected chi connectivity index (χ4v) is 3.08. The maximum absolute atomic E-state index is 5.42. The van der Waals surface area contributed by atoms with Crippen LogP contribution in [0.3, 0.4) is 0 Å². The molecule has 0 aliphatic heterocycles. The normalized spacial score (nSPS) is 11.1. The van der Waals surface area contributed by atoms with E-state index in [1.807, 2.05) is 29.8 Å². The number of methoxy groups -OCH3 is 2. The first-order valence-electron chi connectivity index (χ1n) is 9.76. The summed E-state index contributed by atoms with van der Waals surface area (Å²) in [4.78, 5) is 4.75. The SMILES string of the molecule is CCNC(=NCc1c(C)nn(CCOC)c1C)NCCc1ccccc1OC.I. The topological polar surface area (TPSA) is 72.7 Å². The Morgan fingerprint density at radius 3 is 2.62 bits per heavy atom. The average Bonchev–Trinajstić information content (AvgIpc) is 2.97. The Morgan fingerprint density at radius 2 is 1.93 bits per heavy atom. The molecule has 0 aliphatic rings. The molecule has 162 valence electrons. The second kappa shape index (κ2) is 13.4. The number of aromatic nitrogens is 2. The Hall–Kier alpha value is -1.81. The van der Waals surface area contributed by atoms with Crippen LogP contribution in [0.2, 0.25) is 0 Å². The molecule has 1 aromatic heterocycles. The summed E-state index contributed by atoms with van der Waals surface area (Å²) in [5.74, 6) is 1.72. The van der Waals surface area contributed by atoms with Crippen molar-refractivity contribution in [3.05, 3.63) is 46.8 Å². The predicted molar refractivity (Wildman–Crippen MR) is 129 cm³/mol. The molecule has 0 amide bonds. The van der Waals surface area contributed by atoms with Gasteiger partial charge in [-0.3, -0.25) is 4.68 Å². The fraction of sp³-hybridized carbons (Fsp3) is 0.524. The van der Waals surface area contributed by atoms with Crippen LogP contribution in [0.15, 0.2) is 29.3 Å². The van der Waals surface area contributed by atoms with Gasteiger partial charge in [-0.2, -0.15) is 5.10 Å². The van der Waals surface area contributed by atoms with Gasteiger partial charge < -0.3 is 20.1 Å². The zero-order valence-corrected chi connectivity index (χ0v) is 20.4. The number of guanidine groups is 1. The van der Waals surface area contributed by atoms with Crippen LogP contribution in [-0.4, -0.2) is 49.7 Å². The molecular formula is C21H34IN5O2. The van der Waals surface area contributed by atoms with E-state index in [9.17, 15) is 0 Å². The van der Waals surface area contributed by atoms with Gasteiger partial charge in [-0.1, -0.05) is 18.2 Å². The van der Waals surface area contributed by atoms with E-state index < -0.39 is 0 Å². The lowest BCUT2D eigenvalue weighted by Gasteiger charge is -2.13. The monoisotopic (exact) mass is 515 g/mol. The van der Waals surface area contributed by atoms with Crippen molar-refractivity contribution in [1.82, 2.24) is 20.4 Å². The van der Waals surface area contributed by atoms with Crippen molar-refractivity contribution in [2.45, 2.75) is 40.3 Å². The Bertz CT molecular complexity index is 776. The van der Waals surface area contributed by atoms with Gasteiger partial charge in [-0.15, -0.1) is 24.0 Å². The maximum Gasteiger partial charge on any atom is 0.191 e. The molecule has 0 aliphatic carbocycles. The third-order valence-electron chi connectivity index (χ3n) is 4.66. The lowest BCUT2D eigenvalue weighted by molar-refractivity contribution is 0.182. The molecule has 0 atom stereocenters. The number of ether oxygens (including phenoxy) is 2. The molecule has 1 aromatic carbocycles. The number of para-hydroxylation sites is 1. The minimum absolute atomic E-state index is 0.